The minimum absolute atomic E-state index is 0.00499. The Morgan fingerprint density at radius 2 is 1.79 bits per heavy atom. The van der Waals surface area contributed by atoms with Crippen LogP contribution < -0.4 is 5.32 Å². The highest BCUT2D eigenvalue weighted by molar-refractivity contribution is 5.82. The van der Waals surface area contributed by atoms with E-state index in [-0.39, 0.29) is 29.7 Å². The van der Waals surface area contributed by atoms with E-state index >= 15 is 0 Å². The summed E-state index contributed by atoms with van der Waals surface area (Å²) in [4.78, 5) is 26.6. The van der Waals surface area contributed by atoms with Crippen molar-refractivity contribution in [3.8, 4) is 5.75 Å². The Morgan fingerprint density at radius 1 is 1.04 bits per heavy atom. The molecule has 1 saturated heterocycles. The second kappa shape index (κ2) is 6.11. The van der Waals surface area contributed by atoms with Gasteiger partial charge in [-0.15, -0.1) is 0 Å². The van der Waals surface area contributed by atoms with Gasteiger partial charge in [-0.05, 0) is 55.7 Å². The summed E-state index contributed by atoms with van der Waals surface area (Å²) >= 11 is 0. The molecule has 1 aliphatic heterocycles. The van der Waals surface area contributed by atoms with Crippen LogP contribution in [0.15, 0.2) is 18.2 Å². The number of carbonyl (C=O) groups excluding carboxylic acids is 2. The molecule has 1 saturated carbocycles. The first kappa shape index (κ1) is 15.5. The van der Waals surface area contributed by atoms with E-state index in [1.807, 2.05) is 17.0 Å². The normalized spacial score (nSPS) is 23.8. The molecule has 0 unspecified atom stereocenters. The first-order valence-corrected chi connectivity index (χ1v) is 9.03. The standard InChI is InChI=1S/C19H24N2O3/c22-17-3-1-2-14-15(17)6-7-16(14)20-18(23)12-8-10-21(11-9-12)19(24)13-4-5-13/h1-3,12-13,16,22H,4-11H2,(H,20,23)/t16-/m0/s1. The zero-order valence-corrected chi connectivity index (χ0v) is 13.8. The summed E-state index contributed by atoms with van der Waals surface area (Å²) in [5.41, 5.74) is 2.01. The number of aromatic hydroxyl groups is 1. The van der Waals surface area contributed by atoms with Crippen molar-refractivity contribution in [2.24, 2.45) is 11.8 Å². The Labute approximate surface area is 142 Å². The van der Waals surface area contributed by atoms with E-state index < -0.39 is 0 Å². The summed E-state index contributed by atoms with van der Waals surface area (Å²) in [5.74, 6) is 0.965. The Kier molecular flexibility index (Phi) is 3.94. The molecule has 2 aliphatic carbocycles. The molecule has 1 aromatic carbocycles. The molecule has 24 heavy (non-hydrogen) atoms. The predicted molar refractivity (Wildman–Crippen MR) is 89.3 cm³/mol. The van der Waals surface area contributed by atoms with Gasteiger partial charge in [-0.1, -0.05) is 12.1 Å². The summed E-state index contributed by atoms with van der Waals surface area (Å²) in [5, 5.41) is 13.1. The molecule has 128 valence electrons. The van der Waals surface area contributed by atoms with Crippen molar-refractivity contribution >= 4 is 11.8 Å². The predicted octanol–water partition coefficient (Wildman–Crippen LogP) is 2.14. The van der Waals surface area contributed by atoms with Crippen LogP contribution >= 0.6 is 0 Å². The van der Waals surface area contributed by atoms with E-state index in [1.165, 1.54) is 0 Å². The van der Waals surface area contributed by atoms with Crippen LogP contribution in [0, 0.1) is 11.8 Å². The molecule has 2 N–H and O–H groups in total. The van der Waals surface area contributed by atoms with Gasteiger partial charge in [0.1, 0.15) is 5.75 Å². The average molecular weight is 328 g/mol. The molecule has 1 aromatic rings. The van der Waals surface area contributed by atoms with Crippen LogP contribution in [0.25, 0.3) is 0 Å². The Bertz CT molecular complexity index is 661. The first-order chi connectivity index (χ1) is 11.6. The van der Waals surface area contributed by atoms with E-state index in [0.29, 0.717) is 18.8 Å². The second-order valence-electron chi connectivity index (χ2n) is 7.32. The summed E-state index contributed by atoms with van der Waals surface area (Å²) in [6, 6.07) is 5.53. The number of rotatable bonds is 3. The van der Waals surface area contributed by atoms with Crippen LogP contribution in [-0.2, 0) is 16.0 Å². The fourth-order valence-electron chi connectivity index (χ4n) is 4.03. The quantitative estimate of drug-likeness (QED) is 0.893. The molecule has 4 rings (SSSR count). The van der Waals surface area contributed by atoms with Gasteiger partial charge in [0.15, 0.2) is 0 Å². The summed E-state index contributed by atoms with van der Waals surface area (Å²) in [6.07, 6.45) is 5.23. The van der Waals surface area contributed by atoms with Crippen molar-refractivity contribution in [3.63, 3.8) is 0 Å². The highest BCUT2D eigenvalue weighted by Gasteiger charge is 2.36. The van der Waals surface area contributed by atoms with Crippen LogP contribution in [0.2, 0.25) is 0 Å². The Balaban J connectivity index is 1.33. The van der Waals surface area contributed by atoms with Gasteiger partial charge in [0.05, 0.1) is 6.04 Å². The molecule has 3 aliphatic rings. The maximum absolute atomic E-state index is 12.6. The van der Waals surface area contributed by atoms with Crippen LogP contribution in [-0.4, -0.2) is 34.9 Å². The molecule has 0 radical (unpaired) electrons. The fraction of sp³-hybridized carbons (Fsp3) is 0.579. The van der Waals surface area contributed by atoms with E-state index in [0.717, 1.165) is 49.7 Å². The number of piperidine rings is 1. The minimum atomic E-state index is -0.00499. The van der Waals surface area contributed by atoms with Crippen LogP contribution in [0.3, 0.4) is 0 Å². The minimum Gasteiger partial charge on any atom is -0.508 e. The number of carbonyl (C=O) groups is 2. The van der Waals surface area contributed by atoms with Crippen molar-refractivity contribution in [2.45, 2.75) is 44.6 Å². The van der Waals surface area contributed by atoms with Crippen molar-refractivity contribution in [1.29, 1.82) is 0 Å². The van der Waals surface area contributed by atoms with Gasteiger partial charge in [0.25, 0.3) is 0 Å². The van der Waals surface area contributed by atoms with E-state index in [9.17, 15) is 14.7 Å². The van der Waals surface area contributed by atoms with Crippen LogP contribution in [0.1, 0.15) is 49.3 Å². The average Bonchev–Trinajstić information content (AvgIpc) is 3.37. The zero-order chi connectivity index (χ0) is 16.7. The van der Waals surface area contributed by atoms with E-state index in [4.69, 9.17) is 0 Å². The lowest BCUT2D eigenvalue weighted by Crippen LogP contribution is -2.44. The number of hydrogen-bond acceptors (Lipinski definition) is 3. The number of benzene rings is 1. The Hall–Kier alpha value is -2.04. The maximum atomic E-state index is 12.6. The summed E-state index contributed by atoms with van der Waals surface area (Å²) < 4.78 is 0. The van der Waals surface area contributed by atoms with Gasteiger partial charge in [-0.25, -0.2) is 0 Å². The first-order valence-electron chi connectivity index (χ1n) is 9.03. The number of hydrogen-bond donors (Lipinski definition) is 2. The number of nitrogens with one attached hydrogen (secondary N) is 1. The van der Waals surface area contributed by atoms with Gasteiger partial charge >= 0.3 is 0 Å². The van der Waals surface area contributed by atoms with Crippen molar-refractivity contribution in [3.05, 3.63) is 29.3 Å². The number of nitrogens with zero attached hydrogens (tertiary/aromatic N) is 1. The second-order valence-corrected chi connectivity index (χ2v) is 7.32. The van der Waals surface area contributed by atoms with Crippen molar-refractivity contribution in [1.82, 2.24) is 10.2 Å². The number of likely N-dealkylation sites (tertiary alicyclic amines) is 1. The zero-order valence-electron chi connectivity index (χ0n) is 13.8. The lowest BCUT2D eigenvalue weighted by atomic mass is 9.95. The number of amides is 2. The topological polar surface area (TPSA) is 69.6 Å². The highest BCUT2D eigenvalue weighted by atomic mass is 16.3. The molecule has 0 aromatic heterocycles. The largest absolute Gasteiger partial charge is 0.508 e. The number of phenols is 1. The third-order valence-electron chi connectivity index (χ3n) is 5.67. The lowest BCUT2D eigenvalue weighted by molar-refractivity contribution is -0.136. The van der Waals surface area contributed by atoms with Gasteiger partial charge < -0.3 is 15.3 Å². The molecule has 5 nitrogen and oxygen atoms in total. The van der Waals surface area contributed by atoms with Gasteiger partial charge in [-0.3, -0.25) is 9.59 Å². The third-order valence-corrected chi connectivity index (χ3v) is 5.67. The molecule has 5 heteroatoms. The molecule has 0 bridgehead atoms. The van der Waals surface area contributed by atoms with E-state index in [2.05, 4.69) is 5.32 Å². The molecule has 2 amide bonds. The molecule has 2 fully saturated rings. The third kappa shape index (κ3) is 2.87. The summed E-state index contributed by atoms with van der Waals surface area (Å²) in [6.45, 7) is 1.41. The fourth-order valence-corrected chi connectivity index (χ4v) is 4.03. The Morgan fingerprint density at radius 3 is 2.50 bits per heavy atom. The van der Waals surface area contributed by atoms with E-state index in [1.54, 1.807) is 6.07 Å². The molecule has 0 spiro atoms. The van der Waals surface area contributed by atoms with Crippen LogP contribution in [0.5, 0.6) is 5.75 Å². The lowest BCUT2D eigenvalue weighted by Gasteiger charge is -2.32. The maximum Gasteiger partial charge on any atom is 0.225 e. The molecule has 1 atom stereocenters. The highest BCUT2D eigenvalue weighted by Crippen LogP contribution is 2.37. The van der Waals surface area contributed by atoms with Gasteiger partial charge in [-0.2, -0.15) is 0 Å². The monoisotopic (exact) mass is 328 g/mol. The molecular weight excluding hydrogens is 304 g/mol. The molecule has 1 heterocycles. The summed E-state index contributed by atoms with van der Waals surface area (Å²) in [7, 11) is 0. The van der Waals surface area contributed by atoms with Gasteiger partial charge in [0.2, 0.25) is 11.8 Å². The van der Waals surface area contributed by atoms with Crippen LogP contribution in [0.4, 0.5) is 0 Å². The van der Waals surface area contributed by atoms with Crippen molar-refractivity contribution < 1.29 is 14.7 Å². The number of fused-ring (bicyclic) bond motifs is 1. The smallest absolute Gasteiger partial charge is 0.225 e. The molecular formula is C19H24N2O3. The van der Waals surface area contributed by atoms with Crippen molar-refractivity contribution in [2.75, 3.05) is 13.1 Å². The SMILES string of the molecule is O=C(N[C@H]1CCc2c(O)cccc21)C1CCN(C(=O)C2CC2)CC1. The van der Waals surface area contributed by atoms with Gasteiger partial charge in [0, 0.05) is 24.9 Å². The number of phenolic OH excluding ortho intramolecular Hbond substituents is 1.